The van der Waals surface area contributed by atoms with Crippen molar-refractivity contribution in [1.29, 1.82) is 0 Å². The molecule has 0 saturated carbocycles. The Hall–Kier alpha value is -3.17. The van der Waals surface area contributed by atoms with E-state index in [-0.39, 0.29) is 44.4 Å². The fraction of sp³-hybridized carbons (Fsp3) is 0.238. The summed E-state index contributed by atoms with van der Waals surface area (Å²) in [4.78, 5) is 25.8. The summed E-state index contributed by atoms with van der Waals surface area (Å²) in [5.74, 6) is -0.352. The summed E-state index contributed by atoms with van der Waals surface area (Å²) >= 11 is 12.5. The molecule has 1 aromatic carbocycles. The number of benzene rings is 1. The van der Waals surface area contributed by atoms with Gasteiger partial charge in [0.15, 0.2) is 5.82 Å². The first-order valence-electron chi connectivity index (χ1n) is 9.77. The van der Waals surface area contributed by atoms with E-state index in [1.165, 1.54) is 16.7 Å². The number of nitrogen functional groups attached to an aromatic ring is 2. The SMILES string of the molecule is C/C=C\C=C(/CC)n1c(C(C)Nc2nc(N)nc(N)c2Cl)nc2c(F)ccc(Cl)c2c1=O. The highest BCUT2D eigenvalue weighted by Gasteiger charge is 2.23. The summed E-state index contributed by atoms with van der Waals surface area (Å²) in [6, 6.07) is 1.85. The number of anilines is 3. The maximum Gasteiger partial charge on any atom is 0.267 e. The van der Waals surface area contributed by atoms with Crippen LogP contribution in [-0.4, -0.2) is 19.5 Å². The molecule has 168 valence electrons. The Morgan fingerprint density at radius 1 is 1.28 bits per heavy atom. The van der Waals surface area contributed by atoms with Crippen LogP contribution in [0.15, 0.2) is 35.2 Å². The van der Waals surface area contributed by atoms with Crippen molar-refractivity contribution in [3.63, 3.8) is 0 Å². The predicted molar refractivity (Wildman–Crippen MR) is 128 cm³/mol. The molecule has 0 aliphatic rings. The van der Waals surface area contributed by atoms with Crippen LogP contribution in [-0.2, 0) is 0 Å². The maximum atomic E-state index is 14.6. The monoisotopic (exact) mass is 477 g/mol. The van der Waals surface area contributed by atoms with Crippen molar-refractivity contribution in [1.82, 2.24) is 19.5 Å². The smallest absolute Gasteiger partial charge is 0.267 e. The van der Waals surface area contributed by atoms with E-state index in [4.69, 9.17) is 34.7 Å². The van der Waals surface area contributed by atoms with E-state index in [1.54, 1.807) is 19.1 Å². The van der Waals surface area contributed by atoms with Gasteiger partial charge >= 0.3 is 0 Å². The van der Waals surface area contributed by atoms with Crippen LogP contribution in [0.2, 0.25) is 10.0 Å². The van der Waals surface area contributed by atoms with Gasteiger partial charge in [-0.05, 0) is 38.5 Å². The Labute approximate surface area is 193 Å². The molecule has 0 fully saturated rings. The summed E-state index contributed by atoms with van der Waals surface area (Å²) in [6.45, 7) is 5.47. The summed E-state index contributed by atoms with van der Waals surface area (Å²) in [6.07, 6.45) is 5.91. The van der Waals surface area contributed by atoms with Gasteiger partial charge < -0.3 is 16.8 Å². The number of hydrogen-bond acceptors (Lipinski definition) is 7. The second-order valence-electron chi connectivity index (χ2n) is 6.90. The van der Waals surface area contributed by atoms with Crippen molar-refractivity contribution >= 4 is 57.4 Å². The fourth-order valence-corrected chi connectivity index (χ4v) is 3.58. The molecule has 8 nitrogen and oxygen atoms in total. The minimum atomic E-state index is -0.661. The highest BCUT2D eigenvalue weighted by atomic mass is 35.5. The molecule has 2 aromatic heterocycles. The molecule has 32 heavy (non-hydrogen) atoms. The van der Waals surface area contributed by atoms with E-state index < -0.39 is 17.4 Å². The van der Waals surface area contributed by atoms with E-state index in [1.807, 2.05) is 19.9 Å². The zero-order valence-electron chi connectivity index (χ0n) is 17.7. The molecule has 2 heterocycles. The van der Waals surface area contributed by atoms with Crippen molar-refractivity contribution in [2.45, 2.75) is 33.2 Å². The van der Waals surface area contributed by atoms with E-state index in [0.29, 0.717) is 12.1 Å². The molecule has 0 aliphatic heterocycles. The number of aromatic nitrogens is 4. The molecule has 0 spiro atoms. The largest absolute Gasteiger partial charge is 0.382 e. The topological polar surface area (TPSA) is 125 Å². The average molecular weight is 478 g/mol. The summed E-state index contributed by atoms with van der Waals surface area (Å²) in [5, 5.41) is 3.22. The molecule has 0 radical (unpaired) electrons. The van der Waals surface area contributed by atoms with Gasteiger partial charge in [0.2, 0.25) is 5.95 Å². The molecule has 3 rings (SSSR count). The van der Waals surface area contributed by atoms with Crippen LogP contribution in [0.25, 0.3) is 16.6 Å². The first-order chi connectivity index (χ1) is 15.2. The molecular formula is C21H22Cl2FN7O. The van der Waals surface area contributed by atoms with Crippen molar-refractivity contribution < 1.29 is 4.39 Å². The van der Waals surface area contributed by atoms with Crippen molar-refractivity contribution in [3.8, 4) is 0 Å². The highest BCUT2D eigenvalue weighted by Crippen LogP contribution is 2.30. The number of fused-ring (bicyclic) bond motifs is 1. The Morgan fingerprint density at radius 2 is 2.00 bits per heavy atom. The first-order valence-corrected chi connectivity index (χ1v) is 10.5. The summed E-state index contributed by atoms with van der Waals surface area (Å²) in [5.41, 5.74) is 11.5. The summed E-state index contributed by atoms with van der Waals surface area (Å²) in [7, 11) is 0. The Kier molecular flexibility index (Phi) is 7.00. The third kappa shape index (κ3) is 4.39. The van der Waals surface area contributed by atoms with Gasteiger partial charge in [-0.25, -0.2) is 9.37 Å². The van der Waals surface area contributed by atoms with Gasteiger partial charge in [-0.15, -0.1) is 0 Å². The van der Waals surface area contributed by atoms with Crippen LogP contribution in [0.3, 0.4) is 0 Å². The Bertz CT molecular complexity index is 1300. The Balaban J connectivity index is 2.30. The molecule has 5 N–H and O–H groups in total. The lowest BCUT2D eigenvalue weighted by atomic mass is 10.2. The van der Waals surface area contributed by atoms with Gasteiger partial charge in [0.25, 0.3) is 5.56 Å². The van der Waals surface area contributed by atoms with Crippen molar-refractivity contribution in [2.75, 3.05) is 16.8 Å². The van der Waals surface area contributed by atoms with Gasteiger partial charge in [-0.1, -0.05) is 42.3 Å². The number of allylic oxidation sites excluding steroid dienone is 4. The molecule has 0 bridgehead atoms. The van der Waals surface area contributed by atoms with Gasteiger partial charge in [0, 0.05) is 5.70 Å². The fourth-order valence-electron chi connectivity index (χ4n) is 3.21. The van der Waals surface area contributed by atoms with Crippen molar-refractivity contribution in [3.05, 3.63) is 62.4 Å². The van der Waals surface area contributed by atoms with Crippen LogP contribution < -0.4 is 22.3 Å². The van der Waals surface area contributed by atoms with E-state index in [2.05, 4.69) is 20.3 Å². The molecule has 11 heteroatoms. The standard InChI is InChI=1S/C21H22Cl2FN7O/c1-4-6-7-11(5-2)31-19(10(3)27-18-15(23)17(25)29-21(26)30-18)28-16-13(24)9-8-12(22)14(16)20(31)32/h4,6-10H,5H2,1-3H3,(H5,25,26,27,29,30)/b6-4-,11-7+. The lowest BCUT2D eigenvalue weighted by molar-refractivity contribution is 0.632. The molecular weight excluding hydrogens is 456 g/mol. The zero-order chi connectivity index (χ0) is 23.6. The van der Waals surface area contributed by atoms with Crippen molar-refractivity contribution in [2.24, 2.45) is 0 Å². The number of nitrogens with zero attached hydrogens (tertiary/aromatic N) is 4. The lowest BCUT2D eigenvalue weighted by Crippen LogP contribution is -2.28. The van der Waals surface area contributed by atoms with Gasteiger partial charge in [0.1, 0.15) is 28.0 Å². The molecule has 1 atom stereocenters. The van der Waals surface area contributed by atoms with Crippen LogP contribution in [0.1, 0.15) is 39.1 Å². The summed E-state index contributed by atoms with van der Waals surface area (Å²) < 4.78 is 16.0. The van der Waals surface area contributed by atoms with Crippen LogP contribution in [0, 0.1) is 5.82 Å². The molecule has 0 saturated heterocycles. The van der Waals surface area contributed by atoms with Crippen LogP contribution >= 0.6 is 23.2 Å². The second-order valence-corrected chi connectivity index (χ2v) is 7.68. The minimum absolute atomic E-state index is 0.00206. The third-order valence-electron chi connectivity index (χ3n) is 4.72. The van der Waals surface area contributed by atoms with Gasteiger partial charge in [-0.2, -0.15) is 9.97 Å². The number of nitrogens with two attached hydrogens (primary N) is 2. The first kappa shape index (κ1) is 23.5. The van der Waals surface area contributed by atoms with Crippen LogP contribution in [0.4, 0.5) is 22.0 Å². The second kappa shape index (κ2) is 9.54. The maximum absolute atomic E-state index is 14.6. The lowest BCUT2D eigenvalue weighted by Gasteiger charge is -2.22. The average Bonchev–Trinajstić information content (AvgIpc) is 2.75. The highest BCUT2D eigenvalue weighted by molar-refractivity contribution is 6.35. The number of rotatable bonds is 6. The number of nitrogens with one attached hydrogen (secondary N) is 1. The Morgan fingerprint density at radius 3 is 2.66 bits per heavy atom. The minimum Gasteiger partial charge on any atom is -0.382 e. The van der Waals surface area contributed by atoms with E-state index in [0.717, 1.165) is 0 Å². The number of hydrogen-bond donors (Lipinski definition) is 3. The molecule has 0 aliphatic carbocycles. The normalized spacial score (nSPS) is 13.1. The third-order valence-corrected chi connectivity index (χ3v) is 5.40. The molecule has 0 amide bonds. The number of halogens is 3. The van der Waals surface area contributed by atoms with E-state index in [9.17, 15) is 9.18 Å². The van der Waals surface area contributed by atoms with Crippen LogP contribution in [0.5, 0.6) is 0 Å². The van der Waals surface area contributed by atoms with E-state index >= 15 is 0 Å². The zero-order valence-corrected chi connectivity index (χ0v) is 19.2. The molecule has 1 unspecified atom stereocenters. The quantitative estimate of drug-likeness (QED) is 0.435. The van der Waals surface area contributed by atoms with Gasteiger partial charge in [-0.3, -0.25) is 9.36 Å². The van der Waals surface area contributed by atoms with Gasteiger partial charge in [0.05, 0.1) is 16.5 Å². The predicted octanol–water partition coefficient (Wildman–Crippen LogP) is 4.80. The molecule has 3 aromatic rings.